The van der Waals surface area contributed by atoms with Crippen LogP contribution < -0.4 is 0 Å². The van der Waals surface area contributed by atoms with Gasteiger partial charge in [-0.2, -0.15) is 0 Å². The third-order valence-electron chi connectivity index (χ3n) is 3.38. The Labute approximate surface area is 132 Å². The molecule has 0 radical (unpaired) electrons. The van der Waals surface area contributed by atoms with Gasteiger partial charge in [-0.15, -0.1) is 0 Å². The molecular weight excluding hydrogens is 286 g/mol. The Hall–Kier alpha value is -1.30. The Bertz CT molecular complexity index is 421. The van der Waals surface area contributed by atoms with E-state index in [4.69, 9.17) is 9.47 Å². The Kier molecular flexibility index (Phi) is 5.49. The topological polar surface area (TPSA) is 76.1 Å². The first-order valence-electron chi connectivity index (χ1n) is 7.78. The largest absolute Gasteiger partial charge is 0.458 e. The molecule has 6 heteroatoms. The summed E-state index contributed by atoms with van der Waals surface area (Å²) in [6.45, 7) is 12.5. The van der Waals surface area contributed by atoms with Gasteiger partial charge in [0, 0.05) is 5.92 Å². The lowest BCUT2D eigenvalue weighted by molar-refractivity contribution is -0.162. The van der Waals surface area contributed by atoms with E-state index in [0.29, 0.717) is 12.8 Å². The number of carbonyl (C=O) groups excluding carboxylic acids is 2. The molecule has 1 N–H and O–H groups in total. The van der Waals surface area contributed by atoms with Crippen LogP contribution in [0.5, 0.6) is 0 Å². The highest BCUT2D eigenvalue weighted by atomic mass is 16.6. The van der Waals surface area contributed by atoms with Crippen LogP contribution in [0.2, 0.25) is 0 Å². The van der Waals surface area contributed by atoms with Crippen LogP contribution in [0, 0.1) is 5.92 Å². The van der Waals surface area contributed by atoms with E-state index in [1.807, 2.05) is 6.92 Å². The molecule has 1 heterocycles. The predicted molar refractivity (Wildman–Crippen MR) is 82.1 cm³/mol. The molecule has 1 saturated heterocycles. The van der Waals surface area contributed by atoms with Gasteiger partial charge in [0.2, 0.25) is 0 Å². The molecule has 1 amide bonds. The van der Waals surface area contributed by atoms with Crippen LogP contribution in [0.15, 0.2) is 0 Å². The molecule has 1 aliphatic rings. The summed E-state index contributed by atoms with van der Waals surface area (Å²) >= 11 is 0. The molecule has 3 atom stereocenters. The Morgan fingerprint density at radius 3 is 2.00 bits per heavy atom. The number of carbonyl (C=O) groups is 2. The van der Waals surface area contributed by atoms with Crippen LogP contribution >= 0.6 is 0 Å². The Balaban J connectivity index is 2.97. The zero-order valence-corrected chi connectivity index (χ0v) is 14.7. The Morgan fingerprint density at radius 2 is 1.59 bits per heavy atom. The van der Waals surface area contributed by atoms with E-state index in [0.717, 1.165) is 4.90 Å². The molecule has 1 rings (SSSR count). The van der Waals surface area contributed by atoms with E-state index in [-0.39, 0.29) is 5.92 Å². The molecule has 0 bridgehead atoms. The number of aliphatic hydroxyl groups is 1. The fraction of sp³-hybridized carbons (Fsp3) is 0.875. The monoisotopic (exact) mass is 315 g/mol. The van der Waals surface area contributed by atoms with Crippen LogP contribution in [-0.4, -0.2) is 45.5 Å². The Morgan fingerprint density at radius 1 is 1.09 bits per heavy atom. The smallest absolute Gasteiger partial charge is 0.413 e. The van der Waals surface area contributed by atoms with Gasteiger partial charge in [-0.1, -0.05) is 6.92 Å². The van der Waals surface area contributed by atoms with E-state index in [1.165, 1.54) is 0 Å². The summed E-state index contributed by atoms with van der Waals surface area (Å²) in [6, 6.07) is -0.811. The number of aliphatic hydroxyl groups excluding tert-OH is 1. The summed E-state index contributed by atoms with van der Waals surface area (Å²) in [6.07, 6.45) is -0.671. The highest BCUT2D eigenvalue weighted by Crippen LogP contribution is 2.33. The summed E-state index contributed by atoms with van der Waals surface area (Å²) in [5.74, 6) is -0.668. The lowest BCUT2D eigenvalue weighted by Gasteiger charge is -2.31. The summed E-state index contributed by atoms with van der Waals surface area (Å²) < 4.78 is 10.7. The third kappa shape index (κ3) is 4.87. The molecule has 1 aliphatic heterocycles. The van der Waals surface area contributed by atoms with Gasteiger partial charge in [0.15, 0.2) is 0 Å². The summed E-state index contributed by atoms with van der Waals surface area (Å²) in [5.41, 5.74) is -1.34. The van der Waals surface area contributed by atoms with Crippen LogP contribution in [0.4, 0.5) is 4.79 Å². The first-order valence-corrected chi connectivity index (χ1v) is 7.78. The minimum Gasteiger partial charge on any atom is -0.458 e. The number of rotatable bonds is 2. The number of hydrogen-bond acceptors (Lipinski definition) is 5. The van der Waals surface area contributed by atoms with Crippen LogP contribution in [-0.2, 0) is 14.3 Å². The maximum atomic E-state index is 12.4. The first kappa shape index (κ1) is 18.7. The van der Waals surface area contributed by atoms with Crippen molar-refractivity contribution < 1.29 is 24.2 Å². The van der Waals surface area contributed by atoms with Crippen LogP contribution in [0.3, 0.4) is 0 Å². The zero-order chi connectivity index (χ0) is 17.3. The van der Waals surface area contributed by atoms with Gasteiger partial charge in [0.25, 0.3) is 0 Å². The minimum absolute atomic E-state index is 0.162. The number of esters is 1. The second-order valence-electron chi connectivity index (χ2n) is 7.75. The number of likely N-dealkylation sites (tertiary alicyclic amines) is 1. The molecule has 6 nitrogen and oxygen atoms in total. The number of hydrogen-bond donors (Lipinski definition) is 1. The summed E-state index contributed by atoms with van der Waals surface area (Å²) in [4.78, 5) is 25.8. The maximum Gasteiger partial charge on any atom is 0.413 e. The number of nitrogens with zero attached hydrogens (tertiary/aromatic N) is 1. The van der Waals surface area contributed by atoms with Crippen LogP contribution in [0.1, 0.15) is 61.3 Å². The number of amides is 1. The van der Waals surface area contributed by atoms with Gasteiger partial charge in [-0.3, -0.25) is 4.90 Å². The standard InChI is InChI=1S/C16H29NO5/c1-8-10-9-11(13(19)21-15(2,3)4)17(12(10)18)14(20)22-16(5,6)7/h10-12,18H,8-9H2,1-7H3. The van der Waals surface area contributed by atoms with E-state index >= 15 is 0 Å². The van der Waals surface area contributed by atoms with Crippen LogP contribution in [0.25, 0.3) is 0 Å². The van der Waals surface area contributed by atoms with Crippen molar-refractivity contribution in [1.82, 2.24) is 4.90 Å². The molecule has 0 aliphatic carbocycles. The molecular formula is C16H29NO5. The van der Waals surface area contributed by atoms with Gasteiger partial charge in [-0.05, 0) is 54.4 Å². The first-order chi connectivity index (χ1) is 9.85. The number of ether oxygens (including phenoxy) is 2. The highest BCUT2D eigenvalue weighted by Gasteiger charge is 2.48. The lowest BCUT2D eigenvalue weighted by Crippen LogP contribution is -2.49. The second kappa shape index (κ2) is 6.44. The molecule has 0 saturated carbocycles. The van der Waals surface area contributed by atoms with Gasteiger partial charge in [0.05, 0.1) is 0 Å². The predicted octanol–water partition coefficient (Wildman–Crippen LogP) is 2.68. The summed E-state index contributed by atoms with van der Waals surface area (Å²) in [5, 5.41) is 10.4. The van der Waals surface area contributed by atoms with E-state index in [9.17, 15) is 14.7 Å². The molecule has 0 aromatic carbocycles. The van der Waals surface area contributed by atoms with Gasteiger partial charge < -0.3 is 14.6 Å². The van der Waals surface area contributed by atoms with Crippen molar-refractivity contribution in [1.29, 1.82) is 0 Å². The average molecular weight is 315 g/mol. The molecule has 128 valence electrons. The van der Waals surface area contributed by atoms with Crippen molar-refractivity contribution in [2.45, 2.75) is 84.8 Å². The normalized spacial score (nSPS) is 26.0. The maximum absolute atomic E-state index is 12.4. The average Bonchev–Trinajstić information content (AvgIpc) is 2.61. The quantitative estimate of drug-likeness (QED) is 0.793. The van der Waals surface area contributed by atoms with Gasteiger partial charge in [-0.25, -0.2) is 9.59 Å². The van der Waals surface area contributed by atoms with Crippen molar-refractivity contribution in [2.24, 2.45) is 5.92 Å². The fourth-order valence-corrected chi connectivity index (χ4v) is 2.44. The van der Waals surface area contributed by atoms with E-state index < -0.39 is 35.5 Å². The van der Waals surface area contributed by atoms with E-state index in [2.05, 4.69) is 0 Å². The molecule has 0 aromatic rings. The highest BCUT2D eigenvalue weighted by molar-refractivity contribution is 5.82. The zero-order valence-electron chi connectivity index (χ0n) is 14.7. The molecule has 3 unspecified atom stereocenters. The van der Waals surface area contributed by atoms with Crippen molar-refractivity contribution in [2.75, 3.05) is 0 Å². The third-order valence-corrected chi connectivity index (χ3v) is 3.38. The van der Waals surface area contributed by atoms with Crippen molar-refractivity contribution >= 4 is 12.1 Å². The summed E-state index contributed by atoms with van der Waals surface area (Å²) in [7, 11) is 0. The fourth-order valence-electron chi connectivity index (χ4n) is 2.44. The van der Waals surface area contributed by atoms with E-state index in [1.54, 1.807) is 41.5 Å². The van der Waals surface area contributed by atoms with Gasteiger partial charge in [0.1, 0.15) is 23.5 Å². The molecule has 22 heavy (non-hydrogen) atoms. The van der Waals surface area contributed by atoms with Crippen molar-refractivity contribution in [3.05, 3.63) is 0 Å². The van der Waals surface area contributed by atoms with Crippen molar-refractivity contribution in [3.63, 3.8) is 0 Å². The minimum atomic E-state index is -1.03. The lowest BCUT2D eigenvalue weighted by atomic mass is 10.0. The molecule has 1 fully saturated rings. The molecule has 0 spiro atoms. The second-order valence-corrected chi connectivity index (χ2v) is 7.75. The van der Waals surface area contributed by atoms with Crippen molar-refractivity contribution in [3.8, 4) is 0 Å². The SMILES string of the molecule is CCC1CC(C(=O)OC(C)(C)C)N(C(=O)OC(C)(C)C)C1O. The van der Waals surface area contributed by atoms with Gasteiger partial charge >= 0.3 is 12.1 Å². The molecule has 0 aromatic heterocycles.